The van der Waals surface area contributed by atoms with E-state index in [1.54, 1.807) is 35.9 Å². The van der Waals surface area contributed by atoms with E-state index in [9.17, 15) is 9.59 Å². The normalized spacial score (nSPS) is 11.7. The summed E-state index contributed by atoms with van der Waals surface area (Å²) < 4.78 is 7.20. The first-order valence-corrected chi connectivity index (χ1v) is 9.96. The van der Waals surface area contributed by atoms with Crippen LogP contribution >= 0.6 is 11.8 Å². The van der Waals surface area contributed by atoms with Gasteiger partial charge < -0.3 is 10.1 Å². The van der Waals surface area contributed by atoms with E-state index in [2.05, 4.69) is 20.8 Å². The Morgan fingerprint density at radius 3 is 2.59 bits per heavy atom. The Labute approximate surface area is 172 Å². The fraction of sp³-hybridized carbons (Fsp3) is 0.250. The molecule has 2 aromatic carbocycles. The monoisotopic (exact) mass is 411 g/mol. The van der Waals surface area contributed by atoms with Gasteiger partial charge in [-0.05, 0) is 67.6 Å². The van der Waals surface area contributed by atoms with E-state index in [1.807, 2.05) is 31.2 Å². The molecule has 3 rings (SSSR count). The summed E-state index contributed by atoms with van der Waals surface area (Å²) in [5.41, 5.74) is 1.92. The van der Waals surface area contributed by atoms with Gasteiger partial charge >= 0.3 is 0 Å². The van der Waals surface area contributed by atoms with Crippen LogP contribution in [-0.2, 0) is 4.79 Å². The number of carbonyl (C=O) groups excluding carboxylic acids is 2. The second kappa shape index (κ2) is 9.33. The van der Waals surface area contributed by atoms with Crippen LogP contribution in [0.25, 0.3) is 5.69 Å². The molecular formula is C20H21N5O3S. The minimum atomic E-state index is -0.452. The van der Waals surface area contributed by atoms with E-state index in [4.69, 9.17) is 4.74 Å². The number of amides is 1. The summed E-state index contributed by atoms with van der Waals surface area (Å²) in [7, 11) is 0. The molecule has 1 aromatic heterocycles. The molecule has 0 spiro atoms. The van der Waals surface area contributed by atoms with Gasteiger partial charge in [-0.1, -0.05) is 23.9 Å². The Morgan fingerprint density at radius 2 is 1.90 bits per heavy atom. The van der Waals surface area contributed by atoms with Gasteiger partial charge in [0, 0.05) is 11.3 Å². The van der Waals surface area contributed by atoms with E-state index in [0.29, 0.717) is 34.5 Å². The van der Waals surface area contributed by atoms with Crippen molar-refractivity contribution in [3.05, 3.63) is 54.1 Å². The van der Waals surface area contributed by atoms with Crippen LogP contribution in [0.1, 0.15) is 31.1 Å². The third-order valence-electron chi connectivity index (χ3n) is 4.04. The number of carbonyl (C=O) groups is 2. The number of anilines is 1. The van der Waals surface area contributed by atoms with Crippen molar-refractivity contribution in [2.24, 2.45) is 0 Å². The lowest BCUT2D eigenvalue weighted by Gasteiger charge is -2.13. The van der Waals surface area contributed by atoms with Crippen molar-refractivity contribution in [1.29, 1.82) is 0 Å². The number of aromatic nitrogens is 4. The first-order valence-electron chi connectivity index (χ1n) is 9.08. The number of benzene rings is 2. The van der Waals surface area contributed by atoms with Crippen molar-refractivity contribution in [3.8, 4) is 11.4 Å². The Hall–Kier alpha value is -3.20. The molecule has 29 heavy (non-hydrogen) atoms. The maximum atomic E-state index is 12.6. The van der Waals surface area contributed by atoms with Crippen molar-refractivity contribution in [2.75, 3.05) is 11.9 Å². The van der Waals surface area contributed by atoms with Crippen molar-refractivity contribution < 1.29 is 14.3 Å². The summed E-state index contributed by atoms with van der Waals surface area (Å²) in [6.45, 7) is 5.70. The minimum Gasteiger partial charge on any atom is -0.492 e. The van der Waals surface area contributed by atoms with Gasteiger partial charge in [0.2, 0.25) is 11.1 Å². The first-order chi connectivity index (χ1) is 14.0. The van der Waals surface area contributed by atoms with E-state index in [0.717, 1.165) is 0 Å². The molecule has 8 nitrogen and oxygen atoms in total. The predicted molar refractivity (Wildman–Crippen MR) is 111 cm³/mol. The predicted octanol–water partition coefficient (Wildman–Crippen LogP) is 3.38. The van der Waals surface area contributed by atoms with Crippen LogP contribution in [0.4, 0.5) is 5.69 Å². The molecule has 150 valence electrons. The Balaban J connectivity index is 1.72. The lowest BCUT2D eigenvalue weighted by atomic mass is 10.1. The van der Waals surface area contributed by atoms with E-state index >= 15 is 0 Å². The molecule has 1 atom stereocenters. The molecule has 0 aliphatic rings. The third-order valence-corrected chi connectivity index (χ3v) is 5.08. The summed E-state index contributed by atoms with van der Waals surface area (Å²) in [6, 6.07) is 14.2. The number of Topliss-reactive ketones (excluding diaryl/α,β-unsaturated/α-hetero) is 1. The number of thioether (sulfide) groups is 1. The number of para-hydroxylation sites is 2. The summed E-state index contributed by atoms with van der Waals surface area (Å²) >= 11 is 1.24. The van der Waals surface area contributed by atoms with Gasteiger partial charge in [0.1, 0.15) is 11.4 Å². The quantitative estimate of drug-likeness (QED) is 0.448. The van der Waals surface area contributed by atoms with Crippen LogP contribution in [0.3, 0.4) is 0 Å². The maximum Gasteiger partial charge on any atom is 0.237 e. The van der Waals surface area contributed by atoms with Crippen molar-refractivity contribution in [3.63, 3.8) is 0 Å². The van der Waals surface area contributed by atoms with Crippen LogP contribution in [0, 0.1) is 0 Å². The van der Waals surface area contributed by atoms with E-state index in [1.165, 1.54) is 18.7 Å². The van der Waals surface area contributed by atoms with Gasteiger partial charge in [0.05, 0.1) is 11.9 Å². The van der Waals surface area contributed by atoms with Gasteiger partial charge in [-0.3, -0.25) is 9.59 Å². The third kappa shape index (κ3) is 5.00. The minimum absolute atomic E-state index is 0.0222. The van der Waals surface area contributed by atoms with Gasteiger partial charge in [0.15, 0.2) is 5.78 Å². The fourth-order valence-electron chi connectivity index (χ4n) is 2.56. The molecule has 0 saturated carbocycles. The Kier molecular flexibility index (Phi) is 6.61. The number of rotatable bonds is 8. The molecule has 0 radical (unpaired) electrons. The highest BCUT2D eigenvalue weighted by Gasteiger charge is 2.20. The lowest BCUT2D eigenvalue weighted by molar-refractivity contribution is -0.115. The smallest absolute Gasteiger partial charge is 0.237 e. The zero-order valence-electron chi connectivity index (χ0n) is 16.3. The van der Waals surface area contributed by atoms with Gasteiger partial charge in [0.25, 0.3) is 0 Å². The highest BCUT2D eigenvalue weighted by atomic mass is 32.2. The fourth-order valence-corrected chi connectivity index (χ4v) is 3.36. The maximum absolute atomic E-state index is 12.6. The van der Waals surface area contributed by atoms with Crippen LogP contribution < -0.4 is 10.1 Å². The van der Waals surface area contributed by atoms with Gasteiger partial charge in [-0.2, -0.15) is 4.68 Å². The number of ketones is 1. The Morgan fingerprint density at radius 1 is 1.17 bits per heavy atom. The topological polar surface area (TPSA) is 99.0 Å². The second-order valence-corrected chi connectivity index (χ2v) is 7.46. The molecule has 0 saturated heterocycles. The largest absolute Gasteiger partial charge is 0.492 e. The SMILES string of the molecule is CCOc1ccccc1-n1nnnc1S[C@@H](C)C(=O)Nc1ccc(C(C)=O)cc1. The number of nitrogens with one attached hydrogen (secondary N) is 1. The van der Waals surface area contributed by atoms with Crippen molar-refractivity contribution >= 4 is 29.1 Å². The van der Waals surface area contributed by atoms with Crippen LogP contribution in [-0.4, -0.2) is 43.8 Å². The summed E-state index contributed by atoms with van der Waals surface area (Å²) in [4.78, 5) is 23.9. The van der Waals surface area contributed by atoms with Crippen LogP contribution in [0.2, 0.25) is 0 Å². The summed E-state index contributed by atoms with van der Waals surface area (Å²) in [5, 5.41) is 14.7. The number of hydrogen-bond acceptors (Lipinski definition) is 7. The van der Waals surface area contributed by atoms with Crippen molar-refractivity contribution in [1.82, 2.24) is 20.2 Å². The number of ether oxygens (including phenoxy) is 1. The lowest BCUT2D eigenvalue weighted by Crippen LogP contribution is -2.23. The molecule has 0 bridgehead atoms. The molecule has 9 heteroatoms. The molecule has 0 aliphatic heterocycles. The first kappa shape index (κ1) is 20.5. The van der Waals surface area contributed by atoms with Crippen LogP contribution in [0.15, 0.2) is 53.7 Å². The summed E-state index contributed by atoms with van der Waals surface area (Å²) in [6.07, 6.45) is 0. The molecule has 1 N–H and O–H groups in total. The zero-order chi connectivity index (χ0) is 20.8. The average molecular weight is 411 g/mol. The zero-order valence-corrected chi connectivity index (χ0v) is 17.1. The molecule has 0 unspecified atom stereocenters. The van der Waals surface area contributed by atoms with E-state index in [-0.39, 0.29) is 11.7 Å². The number of nitrogens with zero attached hydrogens (tertiary/aromatic N) is 4. The molecule has 0 fully saturated rings. The average Bonchev–Trinajstić information content (AvgIpc) is 3.17. The highest BCUT2D eigenvalue weighted by Crippen LogP contribution is 2.28. The summed E-state index contributed by atoms with van der Waals surface area (Å²) in [5.74, 6) is 0.441. The molecule has 1 amide bonds. The number of tetrazole rings is 1. The Bertz CT molecular complexity index is 1000. The standard InChI is InChI=1S/C20H21N5O3S/c1-4-28-18-8-6-5-7-17(18)25-20(22-23-24-25)29-14(3)19(27)21-16-11-9-15(10-12-16)13(2)26/h5-12,14H,4H2,1-3H3,(H,21,27)/t14-/m0/s1. The number of hydrogen-bond donors (Lipinski definition) is 1. The molecular weight excluding hydrogens is 390 g/mol. The van der Waals surface area contributed by atoms with Crippen molar-refractivity contribution in [2.45, 2.75) is 31.2 Å². The van der Waals surface area contributed by atoms with E-state index < -0.39 is 5.25 Å². The molecule has 0 aliphatic carbocycles. The highest BCUT2D eigenvalue weighted by molar-refractivity contribution is 8.00. The van der Waals surface area contributed by atoms with Gasteiger partial charge in [-0.25, -0.2) is 0 Å². The second-order valence-electron chi connectivity index (χ2n) is 6.16. The molecule has 1 heterocycles. The molecule has 3 aromatic rings. The van der Waals surface area contributed by atoms with Gasteiger partial charge in [-0.15, -0.1) is 5.10 Å². The van der Waals surface area contributed by atoms with Crippen LogP contribution in [0.5, 0.6) is 5.75 Å².